The van der Waals surface area contributed by atoms with Gasteiger partial charge in [0.15, 0.2) is 5.41 Å². The number of para-hydroxylation sites is 1. The van der Waals surface area contributed by atoms with Crippen LogP contribution in [0.3, 0.4) is 0 Å². The first-order valence-corrected chi connectivity index (χ1v) is 8.97. The number of carbonyl (C=O) groups excluding carboxylic acids is 4. The molecule has 10 nitrogen and oxygen atoms in total. The molecule has 3 rings (SSSR count). The Morgan fingerprint density at radius 3 is 2.43 bits per heavy atom. The predicted octanol–water partition coefficient (Wildman–Crippen LogP) is 0.630. The quantitative estimate of drug-likeness (QED) is 0.518. The van der Waals surface area contributed by atoms with Gasteiger partial charge in [0, 0.05) is 11.3 Å². The molecule has 10 heteroatoms. The van der Waals surface area contributed by atoms with E-state index in [1.165, 1.54) is 0 Å². The summed E-state index contributed by atoms with van der Waals surface area (Å²) < 4.78 is 20.0. The number of carbonyl (C=O) groups is 4. The molecule has 2 aliphatic rings. The monoisotopic (exact) mass is 416 g/mol. The number of nitrogens with one attached hydrogen (secondary N) is 1. The van der Waals surface area contributed by atoms with Gasteiger partial charge in [0.25, 0.3) is 0 Å². The van der Waals surface area contributed by atoms with Crippen molar-refractivity contribution < 1.29 is 38.1 Å². The van der Waals surface area contributed by atoms with Crippen LogP contribution in [0.15, 0.2) is 47.0 Å². The summed E-state index contributed by atoms with van der Waals surface area (Å²) in [6, 6.07) is 6.46. The lowest BCUT2D eigenvalue weighted by Crippen LogP contribution is -2.47. The smallest absolute Gasteiger partial charge is 0.339 e. The van der Waals surface area contributed by atoms with Gasteiger partial charge in [-0.05, 0) is 13.0 Å². The largest absolute Gasteiger partial charge is 0.469 e. The molecule has 158 valence electrons. The van der Waals surface area contributed by atoms with Gasteiger partial charge in [0.1, 0.15) is 29.1 Å². The summed E-state index contributed by atoms with van der Waals surface area (Å²) in [6.07, 6.45) is -0.528. The second-order valence-electron chi connectivity index (χ2n) is 6.36. The molecule has 1 aromatic rings. The van der Waals surface area contributed by atoms with Gasteiger partial charge in [-0.25, -0.2) is 14.4 Å². The number of esters is 4. The van der Waals surface area contributed by atoms with Crippen molar-refractivity contribution >= 4 is 29.6 Å². The molecule has 0 amide bonds. The Kier molecular flexibility index (Phi) is 5.50. The minimum atomic E-state index is -2.07. The molecule has 2 aliphatic heterocycles. The van der Waals surface area contributed by atoms with Crippen molar-refractivity contribution in [1.82, 2.24) is 0 Å². The number of hydrogen-bond acceptors (Lipinski definition) is 10. The average molecular weight is 416 g/mol. The molecular formula is C20H20N2O8. The fourth-order valence-electron chi connectivity index (χ4n) is 3.65. The molecule has 1 atom stereocenters. The number of anilines is 1. The van der Waals surface area contributed by atoms with E-state index in [4.69, 9.17) is 19.9 Å². The lowest BCUT2D eigenvalue weighted by atomic mass is 9.66. The number of benzene rings is 1. The number of rotatable bonds is 5. The first kappa shape index (κ1) is 20.9. The van der Waals surface area contributed by atoms with Gasteiger partial charge in [-0.3, -0.25) is 4.79 Å². The zero-order valence-electron chi connectivity index (χ0n) is 16.6. The Balaban J connectivity index is 2.40. The predicted molar refractivity (Wildman–Crippen MR) is 101 cm³/mol. The van der Waals surface area contributed by atoms with Gasteiger partial charge in [-0.15, -0.1) is 0 Å². The molecular weight excluding hydrogens is 396 g/mol. The maximum absolute atomic E-state index is 13.3. The van der Waals surface area contributed by atoms with Crippen LogP contribution in [0, 0.1) is 0 Å². The molecule has 0 aromatic heterocycles. The van der Waals surface area contributed by atoms with E-state index in [-0.39, 0.29) is 34.9 Å². The van der Waals surface area contributed by atoms with Crippen molar-refractivity contribution in [2.45, 2.75) is 18.8 Å². The standard InChI is InChI=1S/C20H20N2O8/c1-4-29-18(25)15-16(21)22-11-8-6-5-7-10(11)20(15)14(17(24)28-3)12(30-19(20)26)9-13(23)27-2/h5-8,22H,4,9,21H2,1-3H3. The fraction of sp³-hybridized carbons (Fsp3) is 0.300. The molecule has 0 bridgehead atoms. The second-order valence-corrected chi connectivity index (χ2v) is 6.36. The molecule has 0 aliphatic carbocycles. The van der Waals surface area contributed by atoms with E-state index >= 15 is 0 Å². The summed E-state index contributed by atoms with van der Waals surface area (Å²) in [4.78, 5) is 51.0. The maximum atomic E-state index is 13.3. The topological polar surface area (TPSA) is 143 Å². The van der Waals surface area contributed by atoms with Gasteiger partial charge in [-0.2, -0.15) is 0 Å². The van der Waals surface area contributed by atoms with Crippen LogP contribution in [-0.2, 0) is 43.5 Å². The molecule has 0 fully saturated rings. The minimum absolute atomic E-state index is 0.00528. The molecule has 0 radical (unpaired) electrons. The van der Waals surface area contributed by atoms with Crippen LogP contribution in [-0.4, -0.2) is 44.7 Å². The van der Waals surface area contributed by atoms with E-state index < -0.39 is 35.7 Å². The van der Waals surface area contributed by atoms with E-state index in [0.29, 0.717) is 5.69 Å². The summed E-state index contributed by atoms with van der Waals surface area (Å²) in [5.74, 6) is -4.11. The number of methoxy groups -OCH3 is 2. The molecule has 2 heterocycles. The molecule has 1 unspecified atom stereocenters. The van der Waals surface area contributed by atoms with Gasteiger partial charge in [-0.1, -0.05) is 18.2 Å². The average Bonchev–Trinajstić information content (AvgIpc) is 2.99. The third kappa shape index (κ3) is 2.97. The van der Waals surface area contributed by atoms with Crippen molar-refractivity contribution in [3.05, 3.63) is 52.6 Å². The molecule has 1 spiro atoms. The Labute approximate surface area is 171 Å². The van der Waals surface area contributed by atoms with E-state index in [2.05, 4.69) is 10.1 Å². The first-order valence-electron chi connectivity index (χ1n) is 8.97. The highest BCUT2D eigenvalue weighted by molar-refractivity contribution is 6.16. The van der Waals surface area contributed by atoms with Crippen molar-refractivity contribution in [2.75, 3.05) is 26.1 Å². The Morgan fingerprint density at radius 2 is 1.80 bits per heavy atom. The van der Waals surface area contributed by atoms with Crippen LogP contribution in [0.1, 0.15) is 18.9 Å². The van der Waals surface area contributed by atoms with Crippen molar-refractivity contribution in [1.29, 1.82) is 0 Å². The molecule has 0 saturated heterocycles. The van der Waals surface area contributed by atoms with Gasteiger partial charge in [0.05, 0.1) is 20.8 Å². The van der Waals surface area contributed by atoms with E-state index in [9.17, 15) is 19.2 Å². The number of hydrogen-bond donors (Lipinski definition) is 2. The second kappa shape index (κ2) is 7.90. The van der Waals surface area contributed by atoms with Crippen LogP contribution in [0.4, 0.5) is 5.69 Å². The Morgan fingerprint density at radius 1 is 1.10 bits per heavy atom. The summed E-state index contributed by atoms with van der Waals surface area (Å²) in [5, 5.41) is 2.85. The number of ether oxygens (including phenoxy) is 4. The highest BCUT2D eigenvalue weighted by Gasteiger charge is 2.63. The fourth-order valence-corrected chi connectivity index (χ4v) is 3.65. The number of fused-ring (bicyclic) bond motifs is 2. The van der Waals surface area contributed by atoms with E-state index in [1.54, 1.807) is 31.2 Å². The van der Waals surface area contributed by atoms with Crippen LogP contribution < -0.4 is 11.1 Å². The molecule has 3 N–H and O–H groups in total. The van der Waals surface area contributed by atoms with E-state index in [0.717, 1.165) is 14.2 Å². The highest BCUT2D eigenvalue weighted by Crippen LogP contribution is 2.53. The number of nitrogens with two attached hydrogens (primary N) is 1. The lowest BCUT2D eigenvalue weighted by molar-refractivity contribution is -0.147. The van der Waals surface area contributed by atoms with Crippen LogP contribution in [0.5, 0.6) is 0 Å². The van der Waals surface area contributed by atoms with Crippen LogP contribution >= 0.6 is 0 Å². The van der Waals surface area contributed by atoms with Crippen LogP contribution in [0.2, 0.25) is 0 Å². The summed E-state index contributed by atoms with van der Waals surface area (Å²) in [5.41, 5.74) is 3.98. The third-order valence-corrected chi connectivity index (χ3v) is 4.82. The number of cyclic esters (lactones) is 1. The van der Waals surface area contributed by atoms with Crippen molar-refractivity contribution in [3.8, 4) is 0 Å². The Bertz CT molecular complexity index is 1010. The highest BCUT2D eigenvalue weighted by atomic mass is 16.6. The maximum Gasteiger partial charge on any atom is 0.339 e. The summed E-state index contributed by atoms with van der Waals surface area (Å²) in [6.45, 7) is 1.58. The lowest BCUT2D eigenvalue weighted by Gasteiger charge is -2.35. The third-order valence-electron chi connectivity index (χ3n) is 4.82. The summed E-state index contributed by atoms with van der Waals surface area (Å²) >= 11 is 0. The van der Waals surface area contributed by atoms with E-state index in [1.807, 2.05) is 0 Å². The van der Waals surface area contributed by atoms with Gasteiger partial charge >= 0.3 is 23.9 Å². The summed E-state index contributed by atoms with van der Waals surface area (Å²) in [7, 11) is 2.25. The SMILES string of the molecule is CCOC(=O)C1=C(N)Nc2ccccc2C12C(=O)OC(CC(=O)OC)=C2C(=O)OC. The zero-order chi connectivity index (χ0) is 22.1. The molecule has 1 aromatic carbocycles. The van der Waals surface area contributed by atoms with Crippen LogP contribution in [0.25, 0.3) is 0 Å². The minimum Gasteiger partial charge on any atom is -0.469 e. The van der Waals surface area contributed by atoms with Crippen molar-refractivity contribution in [3.63, 3.8) is 0 Å². The molecule has 0 saturated carbocycles. The zero-order valence-corrected chi connectivity index (χ0v) is 16.6. The normalized spacial score (nSPS) is 19.8. The van der Waals surface area contributed by atoms with Gasteiger partial charge < -0.3 is 30.0 Å². The van der Waals surface area contributed by atoms with Crippen molar-refractivity contribution in [2.24, 2.45) is 5.73 Å². The molecule has 30 heavy (non-hydrogen) atoms. The Hall–Kier alpha value is -3.82. The van der Waals surface area contributed by atoms with Gasteiger partial charge in [0.2, 0.25) is 0 Å². The first-order chi connectivity index (χ1) is 14.3.